The first-order valence-electron chi connectivity index (χ1n) is 10.7. The van der Waals surface area contributed by atoms with Crippen LogP contribution in [-0.4, -0.2) is 41.8 Å². The minimum Gasteiger partial charge on any atom is -0.465 e. The van der Waals surface area contributed by atoms with E-state index in [0.29, 0.717) is 16.6 Å². The van der Waals surface area contributed by atoms with Crippen molar-refractivity contribution >= 4 is 44.6 Å². The Hall–Kier alpha value is -3.51. The Morgan fingerprint density at radius 1 is 1.21 bits per heavy atom. The van der Waals surface area contributed by atoms with E-state index in [0.717, 1.165) is 16.5 Å². The Morgan fingerprint density at radius 3 is 2.62 bits per heavy atom. The molecule has 0 radical (unpaired) electrons. The topological polar surface area (TPSA) is 116 Å². The molecule has 3 aromatic rings. The van der Waals surface area contributed by atoms with Gasteiger partial charge in [-0.15, -0.1) is 0 Å². The van der Waals surface area contributed by atoms with Crippen LogP contribution in [0.5, 0.6) is 0 Å². The highest BCUT2D eigenvalue weighted by molar-refractivity contribution is 9.10. The number of hydrogen-bond donors (Lipinski definition) is 3. The van der Waals surface area contributed by atoms with Gasteiger partial charge in [0.05, 0.1) is 24.8 Å². The van der Waals surface area contributed by atoms with Gasteiger partial charge in [-0.2, -0.15) is 5.26 Å². The second-order valence-corrected chi connectivity index (χ2v) is 9.66. The van der Waals surface area contributed by atoms with Gasteiger partial charge >= 0.3 is 12.1 Å². The standard InChI is InChI=1S/C25H27BrN4O4/c1-25(2,3)34-24(32)30-21(11-15-14-28-19-8-6-5-7-17(15)19)22(13-27)29-20-10-9-16(26)12-18(20)23(31)33-4/h5-10,12,14,21-22,28-29H,11H2,1-4H3,(H,30,32). The van der Waals surface area contributed by atoms with Crippen LogP contribution in [0.1, 0.15) is 36.7 Å². The van der Waals surface area contributed by atoms with Crippen LogP contribution in [0.3, 0.4) is 0 Å². The number of amides is 1. The van der Waals surface area contributed by atoms with E-state index in [4.69, 9.17) is 9.47 Å². The summed E-state index contributed by atoms with van der Waals surface area (Å²) in [7, 11) is 1.29. The summed E-state index contributed by atoms with van der Waals surface area (Å²) < 4.78 is 11.0. The minimum atomic E-state index is -0.884. The number of H-pyrrole nitrogens is 1. The van der Waals surface area contributed by atoms with Gasteiger partial charge in [-0.1, -0.05) is 34.1 Å². The number of hydrogen-bond acceptors (Lipinski definition) is 6. The second kappa shape index (κ2) is 10.6. The molecule has 3 N–H and O–H groups in total. The molecule has 0 aliphatic rings. The zero-order valence-electron chi connectivity index (χ0n) is 19.4. The van der Waals surface area contributed by atoms with Crippen molar-refractivity contribution in [3.8, 4) is 6.07 Å². The number of esters is 1. The number of anilines is 1. The van der Waals surface area contributed by atoms with Crippen LogP contribution < -0.4 is 10.6 Å². The zero-order chi connectivity index (χ0) is 24.9. The number of carbonyl (C=O) groups is 2. The van der Waals surface area contributed by atoms with Gasteiger partial charge in [0.15, 0.2) is 0 Å². The first-order valence-corrected chi connectivity index (χ1v) is 11.5. The summed E-state index contributed by atoms with van der Waals surface area (Å²) in [5.74, 6) is -0.547. The molecule has 2 unspecified atom stereocenters. The molecule has 0 saturated heterocycles. The van der Waals surface area contributed by atoms with Crippen molar-refractivity contribution in [3.05, 3.63) is 64.3 Å². The molecule has 34 heavy (non-hydrogen) atoms. The fourth-order valence-electron chi connectivity index (χ4n) is 3.56. The smallest absolute Gasteiger partial charge is 0.407 e. The lowest BCUT2D eigenvalue weighted by molar-refractivity contribution is 0.0501. The molecule has 1 heterocycles. The Bertz CT molecular complexity index is 1230. The lowest BCUT2D eigenvalue weighted by atomic mass is 9.99. The third-order valence-corrected chi connectivity index (χ3v) is 5.55. The number of nitrogens with zero attached hydrogens (tertiary/aromatic N) is 1. The maximum absolute atomic E-state index is 12.6. The summed E-state index contributed by atoms with van der Waals surface area (Å²) in [6.45, 7) is 5.31. The van der Waals surface area contributed by atoms with Gasteiger partial charge in [-0.3, -0.25) is 0 Å². The number of ether oxygens (including phenoxy) is 2. The van der Waals surface area contributed by atoms with Crippen LogP contribution in [0.15, 0.2) is 53.1 Å². The largest absolute Gasteiger partial charge is 0.465 e. The molecule has 1 aromatic heterocycles. The highest BCUT2D eigenvalue weighted by Crippen LogP contribution is 2.25. The summed E-state index contributed by atoms with van der Waals surface area (Å²) >= 11 is 3.35. The molecule has 0 aliphatic carbocycles. The van der Waals surface area contributed by atoms with Crippen molar-refractivity contribution in [1.29, 1.82) is 5.26 Å². The van der Waals surface area contributed by atoms with E-state index in [1.807, 2.05) is 30.5 Å². The van der Waals surface area contributed by atoms with Crippen LogP contribution in [0.4, 0.5) is 10.5 Å². The number of methoxy groups -OCH3 is 1. The van der Waals surface area contributed by atoms with Gasteiger partial charge in [-0.25, -0.2) is 9.59 Å². The second-order valence-electron chi connectivity index (χ2n) is 8.75. The fourth-order valence-corrected chi connectivity index (χ4v) is 3.92. The van der Waals surface area contributed by atoms with Gasteiger partial charge in [0.1, 0.15) is 11.6 Å². The number of aromatic nitrogens is 1. The number of rotatable bonds is 7. The van der Waals surface area contributed by atoms with Crippen LogP contribution in [-0.2, 0) is 15.9 Å². The normalized spacial score (nSPS) is 12.9. The lowest BCUT2D eigenvalue weighted by Gasteiger charge is -2.27. The van der Waals surface area contributed by atoms with Crippen molar-refractivity contribution in [2.75, 3.05) is 12.4 Å². The Kier molecular flexibility index (Phi) is 7.84. The third-order valence-electron chi connectivity index (χ3n) is 5.06. The first-order chi connectivity index (χ1) is 16.1. The van der Waals surface area contributed by atoms with Gasteiger partial charge in [-0.05, 0) is 57.0 Å². The van der Waals surface area contributed by atoms with Crippen molar-refractivity contribution in [2.45, 2.75) is 44.9 Å². The quantitative estimate of drug-likeness (QED) is 0.366. The van der Waals surface area contributed by atoms with Gasteiger partial charge in [0.25, 0.3) is 0 Å². The number of carbonyl (C=O) groups excluding carboxylic acids is 2. The van der Waals surface area contributed by atoms with Crippen LogP contribution in [0.25, 0.3) is 10.9 Å². The van der Waals surface area contributed by atoms with Gasteiger partial charge in [0, 0.05) is 27.3 Å². The summed E-state index contributed by atoms with van der Waals surface area (Å²) in [4.78, 5) is 28.2. The average molecular weight is 527 g/mol. The molecular formula is C25H27BrN4O4. The highest BCUT2D eigenvalue weighted by atomic mass is 79.9. The van der Waals surface area contributed by atoms with E-state index in [2.05, 4.69) is 37.6 Å². The number of aromatic amines is 1. The van der Waals surface area contributed by atoms with E-state index in [1.165, 1.54) is 7.11 Å². The predicted molar refractivity (Wildman–Crippen MR) is 134 cm³/mol. The number of alkyl carbamates (subject to hydrolysis) is 1. The Morgan fingerprint density at radius 2 is 1.94 bits per heavy atom. The summed E-state index contributed by atoms with van der Waals surface area (Å²) in [5.41, 5.74) is 1.87. The van der Waals surface area contributed by atoms with Crippen molar-refractivity contribution < 1.29 is 19.1 Å². The molecule has 3 rings (SSSR count). The van der Waals surface area contributed by atoms with Crippen LogP contribution in [0, 0.1) is 11.3 Å². The molecule has 0 aliphatic heterocycles. The molecule has 0 bridgehead atoms. The van der Waals surface area contributed by atoms with E-state index in [1.54, 1.807) is 39.0 Å². The maximum atomic E-state index is 12.6. The van der Waals surface area contributed by atoms with Gasteiger partial charge < -0.3 is 25.1 Å². The number of nitrogens with one attached hydrogen (secondary N) is 3. The monoisotopic (exact) mass is 526 g/mol. The molecule has 9 heteroatoms. The summed E-state index contributed by atoms with van der Waals surface area (Å²) in [6, 6.07) is 13.5. The summed E-state index contributed by atoms with van der Waals surface area (Å²) in [6.07, 6.45) is 1.57. The van der Waals surface area contributed by atoms with E-state index in [-0.39, 0.29) is 5.56 Å². The van der Waals surface area contributed by atoms with Crippen molar-refractivity contribution in [2.24, 2.45) is 0 Å². The van der Waals surface area contributed by atoms with Crippen LogP contribution >= 0.6 is 15.9 Å². The third kappa shape index (κ3) is 6.29. The van der Waals surface area contributed by atoms with E-state index >= 15 is 0 Å². The van der Waals surface area contributed by atoms with Crippen molar-refractivity contribution in [3.63, 3.8) is 0 Å². The number of benzene rings is 2. The Balaban J connectivity index is 1.94. The Labute approximate surface area is 206 Å². The zero-order valence-corrected chi connectivity index (χ0v) is 21.0. The highest BCUT2D eigenvalue weighted by Gasteiger charge is 2.28. The number of para-hydroxylation sites is 1. The van der Waals surface area contributed by atoms with Gasteiger partial charge in [0.2, 0.25) is 0 Å². The van der Waals surface area contributed by atoms with Crippen LogP contribution in [0.2, 0.25) is 0 Å². The molecular weight excluding hydrogens is 500 g/mol. The minimum absolute atomic E-state index is 0.264. The first kappa shape index (κ1) is 25.1. The molecule has 8 nitrogen and oxygen atoms in total. The van der Waals surface area contributed by atoms with E-state index in [9.17, 15) is 14.9 Å². The molecule has 0 spiro atoms. The lowest BCUT2D eigenvalue weighted by Crippen LogP contribution is -2.49. The van der Waals surface area contributed by atoms with E-state index < -0.39 is 29.7 Å². The maximum Gasteiger partial charge on any atom is 0.407 e. The fraction of sp³-hybridized carbons (Fsp3) is 0.320. The summed E-state index contributed by atoms with van der Waals surface area (Å²) in [5, 5.41) is 17.0. The number of nitriles is 1. The molecule has 2 aromatic carbocycles. The molecule has 2 atom stereocenters. The molecule has 0 saturated carbocycles. The number of halogens is 1. The van der Waals surface area contributed by atoms with Crippen molar-refractivity contribution in [1.82, 2.24) is 10.3 Å². The predicted octanol–water partition coefficient (Wildman–Crippen LogP) is 5.16. The molecule has 0 fully saturated rings. The molecule has 1 amide bonds. The SMILES string of the molecule is COC(=O)c1cc(Br)ccc1NC(C#N)C(Cc1c[nH]c2ccccc12)NC(=O)OC(C)(C)C. The number of fused-ring (bicyclic) bond motifs is 1. The average Bonchev–Trinajstić information content (AvgIpc) is 3.19. The molecule has 178 valence electrons.